The average Bonchev–Trinajstić information content (AvgIpc) is 3.28. The maximum atomic E-state index is 11.2. The van der Waals surface area contributed by atoms with Crippen molar-refractivity contribution in [2.75, 3.05) is 17.3 Å². The summed E-state index contributed by atoms with van der Waals surface area (Å²) < 4.78 is 5.91. The van der Waals surface area contributed by atoms with Crippen LogP contribution in [0.4, 0.5) is 11.4 Å². The zero-order valence-electron chi connectivity index (χ0n) is 16.9. The van der Waals surface area contributed by atoms with E-state index in [1.165, 1.54) is 0 Å². The summed E-state index contributed by atoms with van der Waals surface area (Å²) in [5.74, 6) is 0.981. The summed E-state index contributed by atoms with van der Waals surface area (Å²) in [7, 11) is 1.88. The predicted molar refractivity (Wildman–Crippen MR) is 126 cm³/mol. The van der Waals surface area contributed by atoms with E-state index in [4.69, 9.17) is 32.9 Å². The van der Waals surface area contributed by atoms with Crippen molar-refractivity contribution in [2.45, 2.75) is 12.6 Å². The highest BCUT2D eigenvalue weighted by Crippen LogP contribution is 2.42. The highest BCUT2D eigenvalue weighted by molar-refractivity contribution is 6.34. The highest BCUT2D eigenvalue weighted by atomic mass is 35.5. The van der Waals surface area contributed by atoms with Crippen LogP contribution < -0.4 is 15.0 Å². The molecule has 1 atom stereocenters. The molecule has 0 saturated carbocycles. The van der Waals surface area contributed by atoms with E-state index in [1.807, 2.05) is 48.3 Å². The third-order valence-electron chi connectivity index (χ3n) is 5.33. The lowest BCUT2D eigenvalue weighted by atomic mass is 10.1. The van der Waals surface area contributed by atoms with Gasteiger partial charge < -0.3 is 25.0 Å². The topological polar surface area (TPSA) is 90.5 Å². The Balaban J connectivity index is 1.48. The first-order valence-corrected chi connectivity index (χ1v) is 10.6. The summed E-state index contributed by atoms with van der Waals surface area (Å²) in [6.07, 6.45) is -0.337. The van der Waals surface area contributed by atoms with Gasteiger partial charge in [-0.2, -0.15) is 0 Å². The number of rotatable bonds is 5. The fourth-order valence-corrected chi connectivity index (χ4v) is 4.43. The molecule has 1 aliphatic rings. The van der Waals surface area contributed by atoms with Crippen molar-refractivity contribution >= 4 is 51.6 Å². The Morgan fingerprint density at radius 2 is 1.91 bits per heavy atom. The van der Waals surface area contributed by atoms with Gasteiger partial charge in [-0.05, 0) is 42.5 Å². The predicted octanol–water partition coefficient (Wildman–Crippen LogP) is 5.99. The van der Waals surface area contributed by atoms with Crippen LogP contribution in [0.1, 0.15) is 6.42 Å². The number of halogens is 2. The molecular weight excluding hydrogens is 451 g/mol. The molecule has 0 saturated heterocycles. The van der Waals surface area contributed by atoms with Gasteiger partial charge in [0.05, 0.1) is 28.8 Å². The normalized spacial score (nSPS) is 15.0. The lowest BCUT2D eigenvalue weighted by Gasteiger charge is -2.21. The number of ether oxygens (including phenoxy) is 1. The zero-order valence-corrected chi connectivity index (χ0v) is 18.4. The quantitative estimate of drug-likeness (QED) is 0.333. The maximum absolute atomic E-state index is 11.2. The molecule has 4 aromatic rings. The van der Waals surface area contributed by atoms with Crippen LogP contribution in [0.2, 0.25) is 10.0 Å². The van der Waals surface area contributed by atoms with E-state index in [2.05, 4.69) is 10.3 Å². The number of imidazole rings is 1. The second kappa shape index (κ2) is 7.93. The van der Waals surface area contributed by atoms with Crippen LogP contribution in [0, 0.1) is 0 Å². The number of aromatic nitrogens is 2. The number of carbonyl (C=O) groups is 1. The number of aromatic amines is 1. The number of carboxylic acid groups (broad SMARTS) is 1. The number of benzene rings is 3. The summed E-state index contributed by atoms with van der Waals surface area (Å²) in [4.78, 5) is 21.2. The van der Waals surface area contributed by atoms with Gasteiger partial charge >= 0.3 is 5.97 Å². The monoisotopic (exact) mass is 468 g/mol. The Kier molecular flexibility index (Phi) is 5.07. The van der Waals surface area contributed by atoms with Gasteiger partial charge in [0.2, 0.25) is 0 Å². The fraction of sp³-hybridized carbons (Fsp3) is 0.130. The van der Waals surface area contributed by atoms with Gasteiger partial charge in [-0.15, -0.1) is 0 Å². The molecule has 1 unspecified atom stereocenters. The molecule has 1 aromatic heterocycles. The molecular formula is C23H18Cl2N4O3. The summed E-state index contributed by atoms with van der Waals surface area (Å²) >= 11 is 12.1. The van der Waals surface area contributed by atoms with Gasteiger partial charge in [0.15, 0.2) is 0 Å². The number of para-hydroxylation sites is 1. The first-order chi connectivity index (χ1) is 15.4. The van der Waals surface area contributed by atoms with Crippen LogP contribution in [-0.2, 0) is 4.79 Å². The van der Waals surface area contributed by atoms with E-state index < -0.39 is 5.97 Å². The van der Waals surface area contributed by atoms with Crippen molar-refractivity contribution in [3.05, 3.63) is 64.6 Å². The average molecular weight is 469 g/mol. The Bertz CT molecular complexity index is 1330. The second-order valence-corrected chi connectivity index (χ2v) is 8.42. The minimum absolute atomic E-state index is 0.0149. The maximum Gasteiger partial charge on any atom is 0.307 e. The van der Waals surface area contributed by atoms with Crippen molar-refractivity contribution in [3.63, 3.8) is 0 Å². The number of nitrogens with zero attached hydrogens (tertiary/aromatic N) is 2. The molecule has 5 rings (SSSR count). The Morgan fingerprint density at radius 1 is 1.12 bits per heavy atom. The molecule has 0 spiro atoms. The number of aliphatic carboxylic acids is 1. The third-order valence-corrected chi connectivity index (χ3v) is 5.76. The molecule has 7 nitrogen and oxygen atoms in total. The Labute approximate surface area is 193 Å². The van der Waals surface area contributed by atoms with Crippen molar-refractivity contribution in [1.82, 2.24) is 9.97 Å². The largest absolute Gasteiger partial charge is 0.481 e. The molecule has 0 aliphatic carbocycles. The first kappa shape index (κ1) is 20.5. The SMILES string of the molecule is CN1c2c(cccc2-c2nc3ccc(Oc4cc(Cl)cc(Cl)c4)cc3[nH]2)NC1CC(=O)O. The van der Waals surface area contributed by atoms with Gasteiger partial charge in [-0.1, -0.05) is 29.3 Å². The number of carboxylic acids is 1. The molecule has 9 heteroatoms. The molecule has 3 N–H and O–H groups in total. The van der Waals surface area contributed by atoms with E-state index in [1.54, 1.807) is 18.2 Å². The van der Waals surface area contributed by atoms with Crippen molar-refractivity contribution in [3.8, 4) is 22.9 Å². The summed E-state index contributed by atoms with van der Waals surface area (Å²) in [6, 6.07) is 16.4. The van der Waals surface area contributed by atoms with E-state index in [9.17, 15) is 9.90 Å². The van der Waals surface area contributed by atoms with Crippen molar-refractivity contribution < 1.29 is 14.6 Å². The molecule has 3 aromatic carbocycles. The molecule has 0 amide bonds. The molecule has 1 aliphatic heterocycles. The van der Waals surface area contributed by atoms with Gasteiger partial charge in [0.25, 0.3) is 0 Å². The van der Waals surface area contributed by atoms with E-state index in [0.717, 1.165) is 28.0 Å². The summed E-state index contributed by atoms with van der Waals surface area (Å²) in [5, 5.41) is 13.5. The smallest absolute Gasteiger partial charge is 0.307 e. The van der Waals surface area contributed by atoms with Crippen LogP contribution >= 0.6 is 23.2 Å². The number of H-pyrrole nitrogens is 1. The zero-order chi connectivity index (χ0) is 22.4. The number of anilines is 2. The van der Waals surface area contributed by atoms with Crippen molar-refractivity contribution in [1.29, 1.82) is 0 Å². The van der Waals surface area contributed by atoms with E-state index in [-0.39, 0.29) is 12.6 Å². The molecule has 32 heavy (non-hydrogen) atoms. The molecule has 2 heterocycles. The third kappa shape index (κ3) is 3.81. The van der Waals surface area contributed by atoms with Gasteiger partial charge in [-0.25, -0.2) is 4.98 Å². The van der Waals surface area contributed by atoms with E-state index in [0.29, 0.717) is 27.4 Å². The standard InChI is InChI=1S/C23H18Cl2N4O3/c1-29-20(11-21(30)31)26-18-4-2-3-16(22(18)29)23-27-17-6-5-14(10-19(17)28-23)32-15-8-12(24)7-13(25)9-15/h2-10,20,26H,11H2,1H3,(H,27,28)(H,30,31). The summed E-state index contributed by atoms with van der Waals surface area (Å²) in [5.41, 5.74) is 4.25. The van der Waals surface area contributed by atoms with Crippen molar-refractivity contribution in [2.24, 2.45) is 0 Å². The summed E-state index contributed by atoms with van der Waals surface area (Å²) in [6.45, 7) is 0. The van der Waals surface area contributed by atoms with Crippen LogP contribution in [0.15, 0.2) is 54.6 Å². The Hall–Kier alpha value is -3.42. The minimum Gasteiger partial charge on any atom is -0.481 e. The molecule has 0 radical (unpaired) electrons. The lowest BCUT2D eigenvalue weighted by molar-refractivity contribution is -0.137. The van der Waals surface area contributed by atoms with Crippen LogP contribution in [0.25, 0.3) is 22.4 Å². The number of fused-ring (bicyclic) bond motifs is 2. The number of hydrogen-bond acceptors (Lipinski definition) is 5. The number of nitrogens with one attached hydrogen (secondary N) is 2. The minimum atomic E-state index is -0.860. The second-order valence-electron chi connectivity index (χ2n) is 7.54. The lowest BCUT2D eigenvalue weighted by Crippen LogP contribution is -2.34. The van der Waals surface area contributed by atoms with Gasteiger partial charge in [0.1, 0.15) is 23.5 Å². The fourth-order valence-electron chi connectivity index (χ4n) is 3.92. The molecule has 162 valence electrons. The first-order valence-electron chi connectivity index (χ1n) is 9.85. The highest BCUT2D eigenvalue weighted by Gasteiger charge is 2.30. The van der Waals surface area contributed by atoms with Crippen LogP contribution in [0.3, 0.4) is 0 Å². The number of hydrogen-bond donors (Lipinski definition) is 3. The molecule has 0 fully saturated rings. The van der Waals surface area contributed by atoms with Gasteiger partial charge in [0, 0.05) is 28.7 Å². The van der Waals surface area contributed by atoms with Crippen LogP contribution in [0.5, 0.6) is 11.5 Å². The van der Waals surface area contributed by atoms with Crippen LogP contribution in [-0.4, -0.2) is 34.3 Å². The Morgan fingerprint density at radius 3 is 2.66 bits per heavy atom. The van der Waals surface area contributed by atoms with Gasteiger partial charge in [-0.3, -0.25) is 4.79 Å². The molecule has 0 bridgehead atoms. The van der Waals surface area contributed by atoms with E-state index >= 15 is 0 Å².